The van der Waals surface area contributed by atoms with E-state index in [-0.39, 0.29) is 23.1 Å². The molecule has 0 N–H and O–H groups in total. The van der Waals surface area contributed by atoms with Gasteiger partial charge in [-0.3, -0.25) is 4.79 Å². The van der Waals surface area contributed by atoms with Crippen molar-refractivity contribution < 1.29 is 13.2 Å². The highest BCUT2D eigenvalue weighted by molar-refractivity contribution is 7.89. The first-order valence-electron chi connectivity index (χ1n) is 7.83. The summed E-state index contributed by atoms with van der Waals surface area (Å²) in [4.78, 5) is 12.9. The third-order valence-electron chi connectivity index (χ3n) is 4.26. The van der Waals surface area contributed by atoms with Crippen LogP contribution in [0.2, 0.25) is 5.02 Å². The van der Waals surface area contributed by atoms with Crippen molar-refractivity contribution in [2.75, 3.05) is 13.1 Å². The van der Waals surface area contributed by atoms with Crippen molar-refractivity contribution in [1.29, 1.82) is 0 Å². The van der Waals surface area contributed by atoms with Crippen molar-refractivity contribution in [2.24, 2.45) is 5.92 Å². The summed E-state index contributed by atoms with van der Waals surface area (Å²) in [5.74, 6) is -0.349. The molecule has 3 rings (SSSR count). The monoisotopic (exact) mass is 363 g/mol. The zero-order chi connectivity index (χ0) is 17.2. The maximum atomic E-state index is 12.7. The number of carbonyl (C=O) groups is 1. The Kier molecular flexibility index (Phi) is 5.04. The first-order chi connectivity index (χ1) is 11.5. The number of rotatable bonds is 4. The lowest BCUT2D eigenvalue weighted by molar-refractivity contribution is 0.0872. The average Bonchev–Trinajstić information content (AvgIpc) is 2.62. The molecule has 0 spiro atoms. The van der Waals surface area contributed by atoms with Crippen LogP contribution in [0, 0.1) is 5.92 Å². The Balaban J connectivity index is 1.79. The van der Waals surface area contributed by atoms with Crippen LogP contribution >= 0.6 is 11.6 Å². The molecule has 0 saturated carbocycles. The van der Waals surface area contributed by atoms with E-state index in [4.69, 9.17) is 11.6 Å². The molecule has 1 atom stereocenters. The molecule has 2 aromatic rings. The first kappa shape index (κ1) is 17.1. The standard InChI is InChI=1S/C18H18ClNO3S/c19-16-10-8-14(9-11-16)18(21)15-5-4-12-20(13-15)24(22,23)17-6-2-1-3-7-17/h1-3,6-11,15H,4-5,12-13H2. The summed E-state index contributed by atoms with van der Waals surface area (Å²) in [6.45, 7) is 0.667. The van der Waals surface area contributed by atoms with Crippen LogP contribution in [-0.2, 0) is 10.0 Å². The summed E-state index contributed by atoms with van der Waals surface area (Å²) in [7, 11) is -3.56. The molecule has 1 aliphatic heterocycles. The fourth-order valence-corrected chi connectivity index (χ4v) is 4.64. The number of halogens is 1. The maximum absolute atomic E-state index is 12.7. The predicted molar refractivity (Wildman–Crippen MR) is 93.7 cm³/mol. The Morgan fingerprint density at radius 1 is 1.04 bits per heavy atom. The molecule has 1 unspecified atom stereocenters. The molecule has 1 heterocycles. The molecule has 2 aromatic carbocycles. The molecule has 1 aliphatic rings. The molecule has 24 heavy (non-hydrogen) atoms. The fourth-order valence-electron chi connectivity index (χ4n) is 2.97. The van der Waals surface area contributed by atoms with E-state index >= 15 is 0 Å². The van der Waals surface area contributed by atoms with Gasteiger partial charge in [0, 0.05) is 29.6 Å². The lowest BCUT2D eigenvalue weighted by Gasteiger charge is -2.31. The van der Waals surface area contributed by atoms with Crippen molar-refractivity contribution >= 4 is 27.4 Å². The summed E-state index contributed by atoms with van der Waals surface area (Å²) in [6, 6.07) is 15.1. The second-order valence-electron chi connectivity index (χ2n) is 5.89. The van der Waals surface area contributed by atoms with Gasteiger partial charge in [0.1, 0.15) is 0 Å². The average molecular weight is 364 g/mol. The maximum Gasteiger partial charge on any atom is 0.243 e. The van der Waals surface area contributed by atoms with Gasteiger partial charge in [-0.25, -0.2) is 8.42 Å². The van der Waals surface area contributed by atoms with E-state index in [0.29, 0.717) is 30.0 Å². The summed E-state index contributed by atoms with van der Waals surface area (Å²) >= 11 is 5.85. The van der Waals surface area contributed by atoms with Gasteiger partial charge in [0.15, 0.2) is 5.78 Å². The third kappa shape index (κ3) is 3.53. The van der Waals surface area contributed by atoms with Crippen LogP contribution in [0.15, 0.2) is 59.5 Å². The van der Waals surface area contributed by atoms with E-state index in [0.717, 1.165) is 0 Å². The quantitative estimate of drug-likeness (QED) is 0.779. The molecular formula is C18H18ClNO3S. The topological polar surface area (TPSA) is 54.5 Å². The fraction of sp³-hybridized carbons (Fsp3) is 0.278. The minimum atomic E-state index is -3.56. The minimum absolute atomic E-state index is 0.0281. The summed E-state index contributed by atoms with van der Waals surface area (Å²) in [6.07, 6.45) is 1.37. The SMILES string of the molecule is O=C(c1ccc(Cl)cc1)C1CCCN(S(=O)(=O)c2ccccc2)C1. The van der Waals surface area contributed by atoms with Crippen LogP contribution < -0.4 is 0 Å². The lowest BCUT2D eigenvalue weighted by atomic mass is 9.91. The number of benzene rings is 2. The van der Waals surface area contributed by atoms with Gasteiger partial charge in [-0.2, -0.15) is 4.31 Å². The Morgan fingerprint density at radius 3 is 2.38 bits per heavy atom. The number of nitrogens with zero attached hydrogens (tertiary/aromatic N) is 1. The second kappa shape index (κ2) is 7.05. The van der Waals surface area contributed by atoms with Gasteiger partial charge in [0.2, 0.25) is 10.0 Å². The van der Waals surface area contributed by atoms with E-state index in [1.807, 2.05) is 0 Å². The molecule has 6 heteroatoms. The molecular weight excluding hydrogens is 346 g/mol. The predicted octanol–water partition coefficient (Wildman–Crippen LogP) is 3.62. The molecule has 1 saturated heterocycles. The van der Waals surface area contributed by atoms with Crippen LogP contribution in [0.5, 0.6) is 0 Å². The number of piperidine rings is 1. The van der Waals surface area contributed by atoms with E-state index in [2.05, 4.69) is 0 Å². The van der Waals surface area contributed by atoms with E-state index in [1.165, 1.54) is 4.31 Å². The molecule has 0 aromatic heterocycles. The van der Waals surface area contributed by atoms with Crippen molar-refractivity contribution in [2.45, 2.75) is 17.7 Å². The second-order valence-corrected chi connectivity index (χ2v) is 8.26. The van der Waals surface area contributed by atoms with Crippen molar-refractivity contribution in [3.63, 3.8) is 0 Å². The molecule has 126 valence electrons. The molecule has 0 amide bonds. The van der Waals surface area contributed by atoms with Gasteiger partial charge in [-0.15, -0.1) is 0 Å². The highest BCUT2D eigenvalue weighted by Crippen LogP contribution is 2.26. The smallest absolute Gasteiger partial charge is 0.243 e. The summed E-state index contributed by atoms with van der Waals surface area (Å²) < 4.78 is 26.9. The highest BCUT2D eigenvalue weighted by Gasteiger charge is 2.33. The zero-order valence-electron chi connectivity index (χ0n) is 13.1. The van der Waals surface area contributed by atoms with Crippen LogP contribution in [0.3, 0.4) is 0 Å². The normalized spacial score (nSPS) is 19.1. The van der Waals surface area contributed by atoms with Crippen molar-refractivity contribution in [3.8, 4) is 0 Å². The van der Waals surface area contributed by atoms with E-state index in [9.17, 15) is 13.2 Å². The minimum Gasteiger partial charge on any atom is -0.294 e. The van der Waals surface area contributed by atoms with Gasteiger partial charge in [0.05, 0.1) is 4.90 Å². The zero-order valence-corrected chi connectivity index (χ0v) is 14.6. The Labute approximate surface area is 147 Å². The largest absolute Gasteiger partial charge is 0.294 e. The first-order valence-corrected chi connectivity index (χ1v) is 9.65. The van der Waals surface area contributed by atoms with Crippen molar-refractivity contribution in [1.82, 2.24) is 4.31 Å². The summed E-state index contributed by atoms with van der Waals surface area (Å²) in [5, 5.41) is 0.573. The van der Waals surface area contributed by atoms with Gasteiger partial charge in [-0.1, -0.05) is 29.8 Å². The Hall–Kier alpha value is -1.69. The number of ketones is 1. The molecule has 0 aliphatic carbocycles. The third-order valence-corrected chi connectivity index (χ3v) is 6.40. The van der Waals surface area contributed by atoms with Crippen LogP contribution in [0.25, 0.3) is 0 Å². The molecule has 4 nitrogen and oxygen atoms in total. The van der Waals surface area contributed by atoms with Gasteiger partial charge >= 0.3 is 0 Å². The van der Waals surface area contributed by atoms with E-state index < -0.39 is 10.0 Å². The van der Waals surface area contributed by atoms with Crippen LogP contribution in [0.4, 0.5) is 0 Å². The van der Waals surface area contributed by atoms with Crippen molar-refractivity contribution in [3.05, 3.63) is 65.2 Å². The molecule has 0 bridgehead atoms. The van der Waals surface area contributed by atoms with Gasteiger partial charge in [0.25, 0.3) is 0 Å². The highest BCUT2D eigenvalue weighted by atomic mass is 35.5. The van der Waals surface area contributed by atoms with Gasteiger partial charge in [-0.05, 0) is 49.2 Å². The number of hydrogen-bond acceptors (Lipinski definition) is 3. The number of carbonyl (C=O) groups excluding carboxylic acids is 1. The summed E-state index contributed by atoms with van der Waals surface area (Å²) in [5.41, 5.74) is 0.573. The number of hydrogen-bond donors (Lipinski definition) is 0. The number of sulfonamides is 1. The lowest BCUT2D eigenvalue weighted by Crippen LogP contribution is -2.42. The number of Topliss-reactive ketones (excluding diaryl/α,β-unsaturated/α-hetero) is 1. The molecule has 1 fully saturated rings. The molecule has 0 radical (unpaired) electrons. The van der Waals surface area contributed by atoms with Crippen LogP contribution in [-0.4, -0.2) is 31.6 Å². The Bertz CT molecular complexity index is 819. The van der Waals surface area contributed by atoms with E-state index in [1.54, 1.807) is 54.6 Å². The Morgan fingerprint density at radius 2 is 1.71 bits per heavy atom. The van der Waals surface area contributed by atoms with Gasteiger partial charge < -0.3 is 0 Å². The van der Waals surface area contributed by atoms with Crippen LogP contribution in [0.1, 0.15) is 23.2 Å².